The summed E-state index contributed by atoms with van der Waals surface area (Å²) in [4.78, 5) is 21.4. The standard InChI is InChI=1S/C11H20O4/c1-8(2)14-11(15-9(3)4)7-10(13)5-6-12/h6,8-9,11H,5,7H2,1-4H3. The molecule has 0 N–H and O–H groups in total. The van der Waals surface area contributed by atoms with Gasteiger partial charge in [0, 0.05) is 0 Å². The lowest BCUT2D eigenvalue weighted by Crippen LogP contribution is -2.27. The van der Waals surface area contributed by atoms with Crippen LogP contribution >= 0.6 is 0 Å². The topological polar surface area (TPSA) is 52.6 Å². The zero-order valence-electron chi connectivity index (χ0n) is 9.86. The number of ether oxygens (including phenoxy) is 2. The van der Waals surface area contributed by atoms with Crippen molar-refractivity contribution in [3.05, 3.63) is 0 Å². The highest BCUT2D eigenvalue weighted by atomic mass is 16.7. The molecule has 0 radical (unpaired) electrons. The van der Waals surface area contributed by atoms with E-state index in [4.69, 9.17) is 9.47 Å². The second-order valence-electron chi connectivity index (χ2n) is 3.91. The summed E-state index contributed by atoms with van der Waals surface area (Å²) in [7, 11) is 0. The molecule has 0 rings (SSSR count). The maximum atomic E-state index is 11.2. The van der Waals surface area contributed by atoms with Gasteiger partial charge in [-0.05, 0) is 27.7 Å². The van der Waals surface area contributed by atoms with E-state index < -0.39 is 6.29 Å². The summed E-state index contributed by atoms with van der Waals surface area (Å²) in [5, 5.41) is 0. The Kier molecular flexibility index (Phi) is 7.17. The lowest BCUT2D eigenvalue weighted by atomic mass is 10.2. The van der Waals surface area contributed by atoms with E-state index in [1.54, 1.807) is 0 Å². The van der Waals surface area contributed by atoms with Gasteiger partial charge in [-0.25, -0.2) is 0 Å². The number of rotatable bonds is 8. The zero-order chi connectivity index (χ0) is 11.8. The van der Waals surface area contributed by atoms with E-state index in [1.165, 1.54) is 0 Å². The normalized spacial score (nSPS) is 11.4. The van der Waals surface area contributed by atoms with E-state index in [9.17, 15) is 9.59 Å². The van der Waals surface area contributed by atoms with Crippen molar-refractivity contribution in [2.24, 2.45) is 0 Å². The van der Waals surface area contributed by atoms with E-state index in [0.717, 1.165) is 0 Å². The number of aldehydes is 1. The van der Waals surface area contributed by atoms with Crippen LogP contribution < -0.4 is 0 Å². The SMILES string of the molecule is CC(C)OC(CC(=O)CC=O)OC(C)C. The van der Waals surface area contributed by atoms with Crippen LogP contribution in [-0.4, -0.2) is 30.6 Å². The minimum atomic E-state index is -0.544. The first-order chi connectivity index (χ1) is 6.95. The average molecular weight is 216 g/mol. The summed E-state index contributed by atoms with van der Waals surface area (Å²) in [5.41, 5.74) is 0. The van der Waals surface area contributed by atoms with Crippen LogP contribution in [-0.2, 0) is 19.1 Å². The van der Waals surface area contributed by atoms with Gasteiger partial charge in [0.15, 0.2) is 6.29 Å². The lowest BCUT2D eigenvalue weighted by molar-refractivity contribution is -0.185. The van der Waals surface area contributed by atoms with Gasteiger partial charge in [0.1, 0.15) is 12.1 Å². The number of hydrogen-bond acceptors (Lipinski definition) is 4. The second kappa shape index (κ2) is 7.54. The molecule has 0 bridgehead atoms. The minimum absolute atomic E-state index is 0.00205. The molecule has 0 unspecified atom stereocenters. The molecule has 0 heterocycles. The quantitative estimate of drug-likeness (QED) is 0.352. The summed E-state index contributed by atoms with van der Waals surface area (Å²) in [6.45, 7) is 7.50. The van der Waals surface area contributed by atoms with Crippen molar-refractivity contribution in [3.8, 4) is 0 Å². The van der Waals surface area contributed by atoms with Gasteiger partial charge in [0.2, 0.25) is 0 Å². The van der Waals surface area contributed by atoms with Gasteiger partial charge in [-0.1, -0.05) is 0 Å². The summed E-state index contributed by atoms with van der Waals surface area (Å²) in [6, 6.07) is 0. The van der Waals surface area contributed by atoms with Crippen molar-refractivity contribution in [1.82, 2.24) is 0 Å². The molecule has 0 spiro atoms. The zero-order valence-corrected chi connectivity index (χ0v) is 9.86. The van der Waals surface area contributed by atoms with Crippen LogP contribution in [0.1, 0.15) is 40.5 Å². The minimum Gasteiger partial charge on any atom is -0.350 e. The molecule has 4 heteroatoms. The molecular weight excluding hydrogens is 196 g/mol. The van der Waals surface area contributed by atoms with E-state index in [0.29, 0.717) is 6.29 Å². The number of carbonyl (C=O) groups excluding carboxylic acids is 2. The van der Waals surface area contributed by atoms with Crippen molar-refractivity contribution in [1.29, 1.82) is 0 Å². The van der Waals surface area contributed by atoms with Crippen LogP contribution in [0, 0.1) is 0 Å². The van der Waals surface area contributed by atoms with E-state index >= 15 is 0 Å². The predicted octanol–water partition coefficient (Wildman–Crippen LogP) is 1.71. The van der Waals surface area contributed by atoms with Crippen LogP contribution in [0.3, 0.4) is 0 Å². The average Bonchev–Trinajstić information content (AvgIpc) is 2.00. The number of carbonyl (C=O) groups is 2. The molecule has 0 amide bonds. The highest BCUT2D eigenvalue weighted by Crippen LogP contribution is 2.09. The fraction of sp³-hybridized carbons (Fsp3) is 0.818. The van der Waals surface area contributed by atoms with Gasteiger partial charge in [-0.15, -0.1) is 0 Å². The van der Waals surface area contributed by atoms with Crippen LogP contribution in [0.5, 0.6) is 0 Å². The third-order valence-corrected chi connectivity index (χ3v) is 1.55. The molecule has 4 nitrogen and oxygen atoms in total. The van der Waals surface area contributed by atoms with Gasteiger partial charge >= 0.3 is 0 Å². The molecule has 0 atom stereocenters. The fourth-order valence-electron chi connectivity index (χ4n) is 1.10. The van der Waals surface area contributed by atoms with E-state index in [-0.39, 0.29) is 30.8 Å². The van der Waals surface area contributed by atoms with Crippen LogP contribution in [0.2, 0.25) is 0 Å². The molecule has 0 saturated heterocycles. The molecule has 0 aliphatic rings. The van der Waals surface area contributed by atoms with Crippen molar-refractivity contribution >= 4 is 12.1 Å². The first-order valence-corrected chi connectivity index (χ1v) is 5.22. The fourth-order valence-corrected chi connectivity index (χ4v) is 1.10. The Morgan fingerprint density at radius 1 is 1.13 bits per heavy atom. The van der Waals surface area contributed by atoms with Crippen LogP contribution in [0.4, 0.5) is 0 Å². The molecule has 0 fully saturated rings. The van der Waals surface area contributed by atoms with Crippen LogP contribution in [0.25, 0.3) is 0 Å². The highest BCUT2D eigenvalue weighted by Gasteiger charge is 2.17. The largest absolute Gasteiger partial charge is 0.350 e. The smallest absolute Gasteiger partial charge is 0.165 e. The molecule has 0 aromatic carbocycles. The van der Waals surface area contributed by atoms with Gasteiger partial charge < -0.3 is 14.3 Å². The first-order valence-electron chi connectivity index (χ1n) is 5.22. The summed E-state index contributed by atoms with van der Waals surface area (Å²) >= 11 is 0. The summed E-state index contributed by atoms with van der Waals surface area (Å²) in [6.07, 6.45) is 0.117. The van der Waals surface area contributed by atoms with Gasteiger partial charge in [0.25, 0.3) is 0 Å². The number of Topliss-reactive ketones (excluding diaryl/α,β-unsaturated/α-hetero) is 1. The molecule has 88 valence electrons. The molecular formula is C11H20O4. The van der Waals surface area contributed by atoms with Crippen LogP contribution in [0.15, 0.2) is 0 Å². The van der Waals surface area contributed by atoms with E-state index in [2.05, 4.69) is 0 Å². The van der Waals surface area contributed by atoms with Gasteiger partial charge in [-0.3, -0.25) is 4.79 Å². The molecule has 0 saturated carbocycles. The third-order valence-electron chi connectivity index (χ3n) is 1.55. The van der Waals surface area contributed by atoms with Gasteiger partial charge in [-0.2, -0.15) is 0 Å². The van der Waals surface area contributed by atoms with E-state index in [1.807, 2.05) is 27.7 Å². The van der Waals surface area contributed by atoms with Crippen molar-refractivity contribution in [3.63, 3.8) is 0 Å². The Hall–Kier alpha value is -0.740. The first kappa shape index (κ1) is 14.3. The lowest BCUT2D eigenvalue weighted by Gasteiger charge is -2.22. The molecule has 0 aliphatic carbocycles. The Balaban J connectivity index is 4.10. The van der Waals surface area contributed by atoms with Crippen molar-refractivity contribution in [2.45, 2.75) is 59.0 Å². The number of ketones is 1. The Bertz CT molecular complexity index is 189. The Morgan fingerprint density at radius 2 is 1.60 bits per heavy atom. The van der Waals surface area contributed by atoms with Crippen molar-refractivity contribution in [2.75, 3.05) is 0 Å². The summed E-state index contributed by atoms with van der Waals surface area (Å²) in [5.74, 6) is -0.156. The van der Waals surface area contributed by atoms with Crippen molar-refractivity contribution < 1.29 is 19.1 Å². The molecule has 0 aromatic heterocycles. The Morgan fingerprint density at radius 3 is 1.93 bits per heavy atom. The third kappa shape index (κ3) is 8.27. The maximum Gasteiger partial charge on any atom is 0.165 e. The maximum absolute atomic E-state index is 11.2. The second-order valence-corrected chi connectivity index (χ2v) is 3.91. The highest BCUT2D eigenvalue weighted by molar-refractivity contribution is 5.89. The molecule has 0 aliphatic heterocycles. The predicted molar refractivity (Wildman–Crippen MR) is 56.5 cm³/mol. The monoisotopic (exact) mass is 216 g/mol. The summed E-state index contributed by atoms with van der Waals surface area (Å²) < 4.78 is 10.8. The Labute approximate surface area is 90.9 Å². The molecule has 15 heavy (non-hydrogen) atoms. The molecule has 0 aromatic rings. The van der Waals surface area contributed by atoms with Gasteiger partial charge in [0.05, 0.1) is 25.0 Å². The number of hydrogen-bond donors (Lipinski definition) is 0.